The summed E-state index contributed by atoms with van der Waals surface area (Å²) in [5.74, 6) is 1.69. The zero-order chi connectivity index (χ0) is 16.1. The van der Waals surface area contributed by atoms with Crippen molar-refractivity contribution in [2.24, 2.45) is 5.92 Å². The predicted molar refractivity (Wildman–Crippen MR) is 89.3 cm³/mol. The van der Waals surface area contributed by atoms with Crippen LogP contribution < -0.4 is 5.32 Å². The molecule has 1 fully saturated rings. The molecule has 23 heavy (non-hydrogen) atoms. The zero-order valence-electron chi connectivity index (χ0n) is 13.3. The predicted octanol–water partition coefficient (Wildman–Crippen LogP) is 3.17. The Balaban J connectivity index is 1.56. The van der Waals surface area contributed by atoms with E-state index in [4.69, 9.17) is 4.52 Å². The van der Waals surface area contributed by atoms with Gasteiger partial charge in [0.1, 0.15) is 0 Å². The van der Waals surface area contributed by atoms with Crippen LogP contribution in [0.5, 0.6) is 0 Å². The topological polar surface area (TPSA) is 71.3 Å². The van der Waals surface area contributed by atoms with Gasteiger partial charge in [0.2, 0.25) is 11.7 Å². The molecule has 0 aromatic carbocycles. The van der Waals surface area contributed by atoms with Crippen LogP contribution in [0, 0.1) is 5.92 Å². The molecule has 0 radical (unpaired) electrons. The maximum absolute atomic E-state index is 12.1. The van der Waals surface area contributed by atoms with Gasteiger partial charge in [0.25, 0.3) is 0 Å². The first kappa shape index (κ1) is 16.0. The molecule has 2 aromatic rings. The summed E-state index contributed by atoms with van der Waals surface area (Å²) >= 11 is 1.62. The number of hydrogen-bond acceptors (Lipinski definition) is 5. The number of amides is 2. The van der Waals surface area contributed by atoms with E-state index in [1.54, 1.807) is 11.3 Å². The number of nitrogens with zero attached hydrogens (tertiary/aromatic N) is 3. The van der Waals surface area contributed by atoms with E-state index >= 15 is 0 Å². The fourth-order valence-corrected chi connectivity index (χ4v) is 3.49. The molecule has 0 aliphatic carbocycles. The third kappa shape index (κ3) is 4.10. The number of aromatic nitrogens is 2. The lowest BCUT2D eigenvalue weighted by Gasteiger charge is -2.32. The van der Waals surface area contributed by atoms with Gasteiger partial charge in [0.15, 0.2) is 0 Å². The quantitative estimate of drug-likeness (QED) is 0.911. The highest BCUT2D eigenvalue weighted by Crippen LogP contribution is 2.23. The summed E-state index contributed by atoms with van der Waals surface area (Å²) in [6.07, 6.45) is 3.80. The number of piperidine rings is 1. The summed E-state index contributed by atoms with van der Waals surface area (Å²) in [6.45, 7) is 4.37. The van der Waals surface area contributed by atoms with E-state index in [1.807, 2.05) is 21.7 Å². The van der Waals surface area contributed by atoms with E-state index in [9.17, 15) is 4.79 Å². The maximum atomic E-state index is 12.1. The Bertz CT molecular complexity index is 626. The minimum atomic E-state index is 0.0426. The number of hydrogen-bond donors (Lipinski definition) is 1. The van der Waals surface area contributed by atoms with Crippen molar-refractivity contribution in [3.05, 3.63) is 22.7 Å². The molecule has 1 saturated heterocycles. The van der Waals surface area contributed by atoms with Crippen LogP contribution in [0.25, 0.3) is 11.4 Å². The lowest BCUT2D eigenvalue weighted by molar-refractivity contribution is 0.161. The third-order valence-corrected chi connectivity index (χ3v) is 4.73. The van der Waals surface area contributed by atoms with Crippen molar-refractivity contribution in [2.75, 3.05) is 19.6 Å². The minimum Gasteiger partial charge on any atom is -0.339 e. The second-order valence-corrected chi connectivity index (χ2v) is 6.69. The van der Waals surface area contributed by atoms with Gasteiger partial charge in [0.05, 0.1) is 0 Å². The highest BCUT2D eigenvalue weighted by Gasteiger charge is 2.25. The number of thiophene rings is 1. The first-order valence-corrected chi connectivity index (χ1v) is 9.08. The van der Waals surface area contributed by atoms with Crippen LogP contribution in [0.1, 0.15) is 32.1 Å². The largest absolute Gasteiger partial charge is 0.339 e. The lowest BCUT2D eigenvalue weighted by Crippen LogP contribution is -2.46. The van der Waals surface area contributed by atoms with E-state index in [1.165, 1.54) is 0 Å². The van der Waals surface area contributed by atoms with Crippen molar-refractivity contribution in [3.8, 4) is 11.4 Å². The summed E-state index contributed by atoms with van der Waals surface area (Å²) in [5.41, 5.74) is 0.995. The van der Waals surface area contributed by atoms with Crippen LogP contribution in [0.2, 0.25) is 0 Å². The van der Waals surface area contributed by atoms with Crippen LogP contribution >= 0.6 is 11.3 Å². The van der Waals surface area contributed by atoms with Crippen LogP contribution in [0.3, 0.4) is 0 Å². The van der Waals surface area contributed by atoms with Gasteiger partial charge >= 0.3 is 6.03 Å². The Morgan fingerprint density at radius 1 is 1.57 bits per heavy atom. The number of nitrogens with one attached hydrogen (secondary N) is 1. The van der Waals surface area contributed by atoms with Gasteiger partial charge in [-0.25, -0.2) is 4.79 Å². The Morgan fingerprint density at radius 3 is 3.26 bits per heavy atom. The summed E-state index contributed by atoms with van der Waals surface area (Å²) in [6, 6.07) is 2.03. The molecule has 1 aliphatic heterocycles. The normalized spacial score (nSPS) is 18.1. The number of rotatable bonds is 5. The fourth-order valence-electron chi connectivity index (χ4n) is 2.85. The van der Waals surface area contributed by atoms with E-state index in [2.05, 4.69) is 22.4 Å². The Hall–Kier alpha value is -1.89. The molecule has 124 valence electrons. The molecule has 7 heteroatoms. The number of carbonyl (C=O) groups excluding carboxylic acids is 1. The monoisotopic (exact) mass is 334 g/mol. The second kappa shape index (κ2) is 7.59. The van der Waals surface area contributed by atoms with E-state index < -0.39 is 0 Å². The standard InChI is InChI=1S/C16H22N4O2S/c1-2-6-17-16(21)20-7-3-4-12(10-20)9-14-18-15(19-22-14)13-5-8-23-11-13/h5,8,11-12H,2-4,6-7,9-10H2,1H3,(H,17,21). The molecular formula is C16H22N4O2S. The van der Waals surface area contributed by atoms with Crippen LogP contribution in [0.15, 0.2) is 21.3 Å². The molecule has 6 nitrogen and oxygen atoms in total. The number of carbonyl (C=O) groups is 1. The fraction of sp³-hybridized carbons (Fsp3) is 0.562. The summed E-state index contributed by atoms with van der Waals surface area (Å²) in [4.78, 5) is 18.5. The second-order valence-electron chi connectivity index (χ2n) is 5.91. The van der Waals surface area contributed by atoms with Gasteiger partial charge in [-0.3, -0.25) is 0 Å². The smallest absolute Gasteiger partial charge is 0.317 e. The van der Waals surface area contributed by atoms with Gasteiger partial charge in [-0.05, 0) is 36.6 Å². The zero-order valence-corrected chi connectivity index (χ0v) is 14.1. The maximum Gasteiger partial charge on any atom is 0.317 e. The van der Waals surface area contributed by atoms with Gasteiger partial charge in [-0.15, -0.1) is 0 Å². The van der Waals surface area contributed by atoms with Crippen molar-refractivity contribution in [2.45, 2.75) is 32.6 Å². The summed E-state index contributed by atoms with van der Waals surface area (Å²) < 4.78 is 5.38. The van der Waals surface area contributed by atoms with E-state index in [-0.39, 0.29) is 6.03 Å². The molecule has 1 aliphatic rings. The first-order valence-electron chi connectivity index (χ1n) is 8.14. The van der Waals surface area contributed by atoms with E-state index in [0.29, 0.717) is 17.6 Å². The molecular weight excluding hydrogens is 312 g/mol. The Morgan fingerprint density at radius 2 is 2.48 bits per heavy atom. The van der Waals surface area contributed by atoms with Crippen molar-refractivity contribution in [1.29, 1.82) is 0 Å². The SMILES string of the molecule is CCCNC(=O)N1CCCC(Cc2nc(-c3ccsc3)no2)C1. The molecule has 0 spiro atoms. The van der Waals surface area contributed by atoms with Crippen molar-refractivity contribution in [3.63, 3.8) is 0 Å². The van der Waals surface area contributed by atoms with E-state index in [0.717, 1.165) is 50.9 Å². The summed E-state index contributed by atoms with van der Waals surface area (Å²) in [7, 11) is 0. The molecule has 3 rings (SSSR count). The highest BCUT2D eigenvalue weighted by molar-refractivity contribution is 7.08. The van der Waals surface area contributed by atoms with Crippen molar-refractivity contribution >= 4 is 17.4 Å². The van der Waals surface area contributed by atoms with Gasteiger partial charge in [-0.1, -0.05) is 12.1 Å². The molecule has 2 amide bonds. The lowest BCUT2D eigenvalue weighted by atomic mass is 9.95. The average Bonchev–Trinajstić information content (AvgIpc) is 3.24. The highest BCUT2D eigenvalue weighted by atomic mass is 32.1. The van der Waals surface area contributed by atoms with Crippen molar-refractivity contribution in [1.82, 2.24) is 20.4 Å². The first-order chi connectivity index (χ1) is 11.3. The molecule has 0 saturated carbocycles. The Labute approximate surface area is 139 Å². The van der Waals surface area contributed by atoms with Crippen molar-refractivity contribution < 1.29 is 9.32 Å². The third-order valence-electron chi connectivity index (χ3n) is 4.04. The molecule has 1 N–H and O–H groups in total. The van der Waals surface area contributed by atoms with Crippen LogP contribution in [0.4, 0.5) is 4.79 Å². The Kier molecular flexibility index (Phi) is 5.27. The van der Waals surface area contributed by atoms with Crippen LogP contribution in [-0.2, 0) is 6.42 Å². The average molecular weight is 334 g/mol. The van der Waals surface area contributed by atoms with Gasteiger partial charge in [-0.2, -0.15) is 16.3 Å². The number of likely N-dealkylation sites (tertiary alicyclic amines) is 1. The number of urea groups is 1. The molecule has 1 unspecified atom stereocenters. The molecule has 0 bridgehead atoms. The molecule has 1 atom stereocenters. The minimum absolute atomic E-state index is 0.0426. The molecule has 2 aromatic heterocycles. The van der Waals surface area contributed by atoms with Gasteiger partial charge in [0, 0.05) is 37.0 Å². The van der Waals surface area contributed by atoms with Crippen LogP contribution in [-0.4, -0.2) is 40.7 Å². The summed E-state index contributed by atoms with van der Waals surface area (Å²) in [5, 5.41) is 11.0. The molecule has 3 heterocycles. The van der Waals surface area contributed by atoms with Gasteiger partial charge < -0.3 is 14.7 Å².